The number of hydrogen-bond acceptors (Lipinski definition) is 3. The third-order valence-electron chi connectivity index (χ3n) is 4.37. The van der Waals surface area contributed by atoms with Gasteiger partial charge in [0.05, 0.1) is 0 Å². The van der Waals surface area contributed by atoms with Crippen LogP contribution in [0.4, 0.5) is 0 Å². The Labute approximate surface area is 135 Å². The van der Waals surface area contributed by atoms with Crippen LogP contribution in [0.15, 0.2) is 40.8 Å². The highest BCUT2D eigenvalue weighted by Gasteiger charge is 2.17. The first-order valence-electron chi connectivity index (χ1n) is 7.58. The highest BCUT2D eigenvalue weighted by Crippen LogP contribution is 2.38. The Morgan fingerprint density at radius 2 is 1.04 bits per heavy atom. The van der Waals surface area contributed by atoms with Gasteiger partial charge in [-0.15, -0.1) is 0 Å². The van der Waals surface area contributed by atoms with Gasteiger partial charge in [-0.3, -0.25) is 0 Å². The average molecular weight is 308 g/mol. The van der Waals surface area contributed by atoms with Crippen molar-refractivity contribution in [2.75, 3.05) is 0 Å². The zero-order valence-corrected chi connectivity index (χ0v) is 13.8. The second kappa shape index (κ2) is 5.51. The Morgan fingerprint density at radius 1 is 0.652 bits per heavy atom. The fourth-order valence-corrected chi connectivity index (χ4v) is 2.74. The second-order valence-electron chi connectivity index (χ2n) is 6.01. The highest BCUT2D eigenvalue weighted by atomic mass is 16.3. The molecule has 118 valence electrons. The van der Waals surface area contributed by atoms with Crippen LogP contribution >= 0.6 is 0 Å². The SMILES string of the molecule is Cc1cc(-c2oc(-c3ccc(O)c(C)c3)c(C)c2C)ccc1O. The van der Waals surface area contributed by atoms with Gasteiger partial charge in [0.2, 0.25) is 0 Å². The lowest BCUT2D eigenvalue weighted by Gasteiger charge is -2.04. The summed E-state index contributed by atoms with van der Waals surface area (Å²) < 4.78 is 6.14. The fourth-order valence-electron chi connectivity index (χ4n) is 2.74. The maximum absolute atomic E-state index is 9.70. The molecule has 0 spiro atoms. The Balaban J connectivity index is 2.14. The predicted octanol–water partition coefficient (Wildman–Crippen LogP) is 5.26. The first kappa shape index (κ1) is 15.2. The predicted molar refractivity (Wildman–Crippen MR) is 91.9 cm³/mol. The van der Waals surface area contributed by atoms with Crippen LogP contribution in [-0.2, 0) is 0 Å². The fraction of sp³-hybridized carbons (Fsp3) is 0.200. The molecule has 23 heavy (non-hydrogen) atoms. The molecular weight excluding hydrogens is 288 g/mol. The molecule has 3 rings (SSSR count). The van der Waals surface area contributed by atoms with Gasteiger partial charge in [-0.2, -0.15) is 0 Å². The maximum Gasteiger partial charge on any atom is 0.138 e. The van der Waals surface area contributed by atoms with Crippen molar-refractivity contribution in [3.8, 4) is 34.1 Å². The largest absolute Gasteiger partial charge is 0.508 e. The summed E-state index contributed by atoms with van der Waals surface area (Å²) in [6, 6.07) is 10.9. The minimum atomic E-state index is 0.282. The van der Waals surface area contributed by atoms with Gasteiger partial charge in [-0.05, 0) is 86.3 Å². The van der Waals surface area contributed by atoms with Crippen molar-refractivity contribution in [1.29, 1.82) is 0 Å². The van der Waals surface area contributed by atoms with E-state index in [0.29, 0.717) is 0 Å². The number of aromatic hydroxyl groups is 2. The normalized spacial score (nSPS) is 11.0. The molecule has 0 unspecified atom stereocenters. The standard InChI is InChI=1S/C20H20O3/c1-11-9-15(5-7-17(11)21)19-13(3)14(4)20(23-19)16-6-8-18(22)12(2)10-16/h5-10,21-22H,1-4H3. The van der Waals surface area contributed by atoms with Crippen LogP contribution in [0.3, 0.4) is 0 Å². The van der Waals surface area contributed by atoms with Crippen LogP contribution in [0.5, 0.6) is 11.5 Å². The third-order valence-corrected chi connectivity index (χ3v) is 4.37. The van der Waals surface area contributed by atoms with Gasteiger partial charge in [-0.1, -0.05) is 0 Å². The van der Waals surface area contributed by atoms with Crippen LogP contribution in [0, 0.1) is 27.7 Å². The van der Waals surface area contributed by atoms with E-state index in [1.54, 1.807) is 12.1 Å². The Morgan fingerprint density at radius 3 is 1.39 bits per heavy atom. The van der Waals surface area contributed by atoms with E-state index in [9.17, 15) is 10.2 Å². The van der Waals surface area contributed by atoms with Crippen molar-refractivity contribution in [1.82, 2.24) is 0 Å². The summed E-state index contributed by atoms with van der Waals surface area (Å²) in [5, 5.41) is 19.4. The van der Waals surface area contributed by atoms with Crippen molar-refractivity contribution < 1.29 is 14.6 Å². The molecule has 2 aromatic carbocycles. The molecule has 0 aliphatic carbocycles. The number of phenols is 2. The number of benzene rings is 2. The minimum absolute atomic E-state index is 0.282. The molecule has 0 radical (unpaired) electrons. The highest BCUT2D eigenvalue weighted by molar-refractivity contribution is 5.73. The van der Waals surface area contributed by atoms with Crippen molar-refractivity contribution in [3.63, 3.8) is 0 Å². The van der Waals surface area contributed by atoms with Crippen molar-refractivity contribution in [3.05, 3.63) is 58.7 Å². The summed E-state index contributed by atoms with van der Waals surface area (Å²) in [5.41, 5.74) is 5.69. The molecule has 2 N–H and O–H groups in total. The molecule has 0 amide bonds. The van der Waals surface area contributed by atoms with Gasteiger partial charge >= 0.3 is 0 Å². The van der Waals surface area contributed by atoms with Crippen LogP contribution in [-0.4, -0.2) is 10.2 Å². The van der Waals surface area contributed by atoms with E-state index in [4.69, 9.17) is 4.42 Å². The molecule has 3 aromatic rings. The number of hydrogen-bond donors (Lipinski definition) is 2. The van der Waals surface area contributed by atoms with Gasteiger partial charge in [0.15, 0.2) is 0 Å². The van der Waals surface area contributed by atoms with Crippen molar-refractivity contribution >= 4 is 0 Å². The smallest absolute Gasteiger partial charge is 0.138 e. The van der Waals surface area contributed by atoms with Gasteiger partial charge in [0.25, 0.3) is 0 Å². The molecular formula is C20H20O3. The monoisotopic (exact) mass is 308 g/mol. The summed E-state index contributed by atoms with van der Waals surface area (Å²) in [5.74, 6) is 2.19. The molecule has 1 heterocycles. The Hall–Kier alpha value is -2.68. The average Bonchev–Trinajstić information content (AvgIpc) is 2.81. The number of furan rings is 1. The lowest BCUT2D eigenvalue weighted by atomic mass is 10.0. The summed E-state index contributed by atoms with van der Waals surface area (Å²) in [4.78, 5) is 0. The minimum Gasteiger partial charge on any atom is -0.508 e. The summed E-state index contributed by atoms with van der Waals surface area (Å²) >= 11 is 0. The summed E-state index contributed by atoms with van der Waals surface area (Å²) in [7, 11) is 0. The zero-order valence-electron chi connectivity index (χ0n) is 13.8. The molecule has 0 fully saturated rings. The van der Waals surface area contributed by atoms with Gasteiger partial charge in [-0.25, -0.2) is 0 Å². The quantitative estimate of drug-likeness (QED) is 0.679. The van der Waals surface area contributed by atoms with Crippen LogP contribution in [0.1, 0.15) is 22.3 Å². The molecule has 3 nitrogen and oxygen atoms in total. The number of aryl methyl sites for hydroxylation is 2. The van der Waals surface area contributed by atoms with E-state index in [1.165, 1.54) is 0 Å². The van der Waals surface area contributed by atoms with E-state index >= 15 is 0 Å². The van der Waals surface area contributed by atoms with Gasteiger partial charge < -0.3 is 14.6 Å². The summed E-state index contributed by atoms with van der Waals surface area (Å²) in [6.45, 7) is 7.81. The van der Waals surface area contributed by atoms with Gasteiger partial charge in [0, 0.05) is 11.1 Å². The molecule has 0 bridgehead atoms. The van der Waals surface area contributed by atoms with E-state index in [1.807, 2.05) is 52.0 Å². The molecule has 0 aliphatic heterocycles. The molecule has 0 aliphatic rings. The number of phenolic OH excluding ortho intramolecular Hbond substituents is 2. The van der Waals surface area contributed by atoms with Crippen molar-refractivity contribution in [2.24, 2.45) is 0 Å². The Kier molecular flexibility index (Phi) is 3.64. The van der Waals surface area contributed by atoms with Crippen LogP contribution in [0.25, 0.3) is 22.6 Å². The molecule has 3 heteroatoms. The first-order chi connectivity index (χ1) is 10.9. The second-order valence-corrected chi connectivity index (χ2v) is 6.01. The Bertz CT molecular complexity index is 816. The van der Waals surface area contributed by atoms with E-state index in [0.717, 1.165) is 44.9 Å². The van der Waals surface area contributed by atoms with Crippen LogP contribution in [0.2, 0.25) is 0 Å². The maximum atomic E-state index is 9.70. The zero-order chi connectivity index (χ0) is 16.7. The molecule has 0 atom stereocenters. The van der Waals surface area contributed by atoms with Crippen LogP contribution < -0.4 is 0 Å². The topological polar surface area (TPSA) is 53.6 Å². The van der Waals surface area contributed by atoms with Gasteiger partial charge in [0.1, 0.15) is 23.0 Å². The summed E-state index contributed by atoms with van der Waals surface area (Å²) in [6.07, 6.45) is 0. The molecule has 1 aromatic heterocycles. The third kappa shape index (κ3) is 2.59. The molecule has 0 saturated heterocycles. The first-order valence-corrected chi connectivity index (χ1v) is 7.58. The van der Waals surface area contributed by atoms with Crippen molar-refractivity contribution in [2.45, 2.75) is 27.7 Å². The van der Waals surface area contributed by atoms with E-state index in [2.05, 4.69) is 0 Å². The lowest BCUT2D eigenvalue weighted by molar-refractivity contribution is 0.471. The number of rotatable bonds is 2. The molecule has 0 saturated carbocycles. The lowest BCUT2D eigenvalue weighted by Crippen LogP contribution is -1.82. The van der Waals surface area contributed by atoms with E-state index in [-0.39, 0.29) is 11.5 Å². The van der Waals surface area contributed by atoms with E-state index < -0.39 is 0 Å².